The van der Waals surface area contributed by atoms with Gasteiger partial charge in [-0.05, 0) is 18.1 Å². The molecule has 0 aromatic heterocycles. The largest absolute Gasteiger partial charge is 0.508 e. The fraction of sp³-hybridized carbons (Fsp3) is 0.364. The van der Waals surface area contributed by atoms with Gasteiger partial charge in [0, 0.05) is 12.0 Å². The molecular formula is C11H12F3NO3. The van der Waals surface area contributed by atoms with E-state index in [4.69, 9.17) is 10.8 Å². The molecule has 0 unspecified atom stereocenters. The molecule has 0 fully saturated rings. The number of rotatable bonds is 4. The van der Waals surface area contributed by atoms with E-state index in [0.29, 0.717) is 5.56 Å². The van der Waals surface area contributed by atoms with Crippen LogP contribution in [0, 0.1) is 0 Å². The van der Waals surface area contributed by atoms with Crippen LogP contribution in [-0.4, -0.2) is 22.4 Å². The fourth-order valence-corrected chi connectivity index (χ4v) is 1.44. The number of aliphatic carboxylic acids is 1. The van der Waals surface area contributed by atoms with E-state index >= 15 is 0 Å². The van der Waals surface area contributed by atoms with Crippen molar-refractivity contribution >= 4 is 5.97 Å². The van der Waals surface area contributed by atoms with Gasteiger partial charge < -0.3 is 15.9 Å². The van der Waals surface area contributed by atoms with Gasteiger partial charge >= 0.3 is 12.1 Å². The first kappa shape index (κ1) is 14.3. The number of phenolic OH excluding ortho intramolecular Hbond substituents is 1. The molecule has 0 aliphatic heterocycles. The molecule has 0 bridgehead atoms. The number of nitrogens with two attached hydrogens (primary N) is 1. The van der Waals surface area contributed by atoms with E-state index in [2.05, 4.69) is 0 Å². The SMILES string of the molecule is N[C@@H](c1cc(CCC(=O)O)ccc1O)C(F)(F)F. The lowest BCUT2D eigenvalue weighted by Crippen LogP contribution is -2.28. The van der Waals surface area contributed by atoms with Crippen LogP contribution in [0.3, 0.4) is 0 Å². The number of carboxylic acids is 1. The van der Waals surface area contributed by atoms with Gasteiger partial charge in [-0.25, -0.2) is 0 Å². The third kappa shape index (κ3) is 3.63. The monoisotopic (exact) mass is 263 g/mol. The molecule has 4 nitrogen and oxygen atoms in total. The summed E-state index contributed by atoms with van der Waals surface area (Å²) in [5, 5.41) is 17.8. The van der Waals surface area contributed by atoms with Crippen LogP contribution >= 0.6 is 0 Å². The Morgan fingerprint density at radius 1 is 1.39 bits per heavy atom. The molecule has 0 saturated heterocycles. The van der Waals surface area contributed by atoms with E-state index < -0.39 is 29.5 Å². The third-order valence-electron chi connectivity index (χ3n) is 2.41. The number of aromatic hydroxyl groups is 1. The van der Waals surface area contributed by atoms with Crippen molar-refractivity contribution in [3.05, 3.63) is 29.3 Å². The first-order valence-corrected chi connectivity index (χ1v) is 5.07. The maximum absolute atomic E-state index is 12.4. The first-order valence-electron chi connectivity index (χ1n) is 5.07. The zero-order valence-electron chi connectivity index (χ0n) is 9.24. The number of hydrogen-bond donors (Lipinski definition) is 3. The number of carboxylic acid groups (broad SMARTS) is 1. The number of alkyl halides is 3. The Morgan fingerprint density at radius 2 is 2.00 bits per heavy atom. The van der Waals surface area contributed by atoms with Crippen molar-refractivity contribution in [2.24, 2.45) is 5.73 Å². The molecule has 0 aliphatic carbocycles. The summed E-state index contributed by atoms with van der Waals surface area (Å²) in [4.78, 5) is 10.4. The molecule has 0 spiro atoms. The molecule has 100 valence electrons. The number of phenols is 1. The van der Waals surface area contributed by atoms with E-state index in [1.54, 1.807) is 0 Å². The highest BCUT2D eigenvalue weighted by molar-refractivity contribution is 5.67. The number of carbonyl (C=O) groups is 1. The van der Waals surface area contributed by atoms with Crippen LogP contribution in [0.2, 0.25) is 0 Å². The number of halogens is 3. The Balaban J connectivity index is 2.98. The minimum absolute atomic E-state index is 0.0766. The quantitative estimate of drug-likeness (QED) is 0.775. The Morgan fingerprint density at radius 3 is 2.50 bits per heavy atom. The molecule has 0 heterocycles. The predicted molar refractivity (Wildman–Crippen MR) is 57.0 cm³/mol. The average Bonchev–Trinajstić information content (AvgIpc) is 2.25. The van der Waals surface area contributed by atoms with Crippen LogP contribution in [0.15, 0.2) is 18.2 Å². The molecule has 1 rings (SSSR count). The van der Waals surface area contributed by atoms with Crippen LogP contribution < -0.4 is 5.73 Å². The van der Waals surface area contributed by atoms with Crippen molar-refractivity contribution in [3.63, 3.8) is 0 Å². The number of aryl methyl sites for hydroxylation is 1. The van der Waals surface area contributed by atoms with E-state index in [0.717, 1.165) is 12.1 Å². The van der Waals surface area contributed by atoms with E-state index in [1.165, 1.54) is 6.07 Å². The third-order valence-corrected chi connectivity index (χ3v) is 2.41. The lowest BCUT2D eigenvalue weighted by atomic mass is 10.0. The summed E-state index contributed by atoms with van der Waals surface area (Å²) in [7, 11) is 0. The molecule has 0 radical (unpaired) electrons. The predicted octanol–water partition coefficient (Wildman–Crippen LogP) is 1.97. The molecule has 0 amide bonds. The van der Waals surface area contributed by atoms with Crippen molar-refractivity contribution in [1.82, 2.24) is 0 Å². The zero-order chi connectivity index (χ0) is 13.9. The van der Waals surface area contributed by atoms with Crippen molar-refractivity contribution in [2.75, 3.05) is 0 Å². The molecule has 0 aliphatic rings. The Bertz CT molecular complexity index is 446. The summed E-state index contributed by atoms with van der Waals surface area (Å²) >= 11 is 0. The van der Waals surface area contributed by atoms with Gasteiger partial charge in [-0.1, -0.05) is 12.1 Å². The number of hydrogen-bond acceptors (Lipinski definition) is 3. The highest BCUT2D eigenvalue weighted by atomic mass is 19.4. The van der Waals surface area contributed by atoms with Gasteiger partial charge in [0.05, 0.1) is 0 Å². The molecular weight excluding hydrogens is 251 g/mol. The van der Waals surface area contributed by atoms with Gasteiger partial charge in [0.25, 0.3) is 0 Å². The van der Waals surface area contributed by atoms with Gasteiger partial charge in [-0.15, -0.1) is 0 Å². The molecule has 1 aromatic rings. The van der Waals surface area contributed by atoms with Crippen molar-refractivity contribution in [3.8, 4) is 5.75 Å². The maximum atomic E-state index is 12.4. The minimum atomic E-state index is -4.66. The first-order chi connectivity index (χ1) is 8.21. The van der Waals surface area contributed by atoms with Crippen LogP contribution in [-0.2, 0) is 11.2 Å². The van der Waals surface area contributed by atoms with E-state index in [-0.39, 0.29) is 12.8 Å². The summed E-state index contributed by atoms with van der Waals surface area (Å²) in [5.74, 6) is -1.61. The van der Waals surface area contributed by atoms with Gasteiger partial charge in [-0.2, -0.15) is 13.2 Å². The lowest BCUT2D eigenvalue weighted by Gasteiger charge is -2.17. The van der Waals surface area contributed by atoms with Crippen molar-refractivity contribution in [2.45, 2.75) is 25.1 Å². The van der Waals surface area contributed by atoms with E-state index in [9.17, 15) is 23.1 Å². The lowest BCUT2D eigenvalue weighted by molar-refractivity contribution is -0.149. The summed E-state index contributed by atoms with van der Waals surface area (Å²) in [5.41, 5.74) is 4.92. The second-order valence-electron chi connectivity index (χ2n) is 3.81. The summed E-state index contributed by atoms with van der Waals surface area (Å²) in [6.07, 6.45) is -4.79. The fourth-order valence-electron chi connectivity index (χ4n) is 1.44. The van der Waals surface area contributed by atoms with Crippen LogP contribution in [0.25, 0.3) is 0 Å². The second kappa shape index (κ2) is 5.26. The van der Waals surface area contributed by atoms with Crippen LogP contribution in [0.5, 0.6) is 5.75 Å². The van der Waals surface area contributed by atoms with Crippen molar-refractivity contribution in [1.29, 1.82) is 0 Å². The minimum Gasteiger partial charge on any atom is -0.508 e. The van der Waals surface area contributed by atoms with Gasteiger partial charge in [0.2, 0.25) is 0 Å². The maximum Gasteiger partial charge on any atom is 0.407 e. The van der Waals surface area contributed by atoms with Crippen LogP contribution in [0.4, 0.5) is 13.2 Å². The highest BCUT2D eigenvalue weighted by Crippen LogP contribution is 2.35. The zero-order valence-corrected chi connectivity index (χ0v) is 9.24. The summed E-state index contributed by atoms with van der Waals surface area (Å²) < 4.78 is 37.3. The second-order valence-corrected chi connectivity index (χ2v) is 3.81. The van der Waals surface area contributed by atoms with E-state index in [1.807, 2.05) is 0 Å². The van der Waals surface area contributed by atoms with Crippen molar-refractivity contribution < 1.29 is 28.2 Å². The molecule has 0 saturated carbocycles. The number of benzene rings is 1. The molecule has 1 aromatic carbocycles. The smallest absolute Gasteiger partial charge is 0.407 e. The van der Waals surface area contributed by atoms with Gasteiger partial charge in [0.1, 0.15) is 11.8 Å². The molecule has 1 atom stereocenters. The normalized spacial score (nSPS) is 13.3. The summed E-state index contributed by atoms with van der Waals surface area (Å²) in [6, 6.07) is 1.24. The topological polar surface area (TPSA) is 83.6 Å². The summed E-state index contributed by atoms with van der Waals surface area (Å²) in [6.45, 7) is 0. The Kier molecular flexibility index (Phi) is 4.18. The van der Waals surface area contributed by atoms with Crippen LogP contribution in [0.1, 0.15) is 23.6 Å². The Hall–Kier alpha value is -1.76. The highest BCUT2D eigenvalue weighted by Gasteiger charge is 2.39. The molecule has 18 heavy (non-hydrogen) atoms. The average molecular weight is 263 g/mol. The van der Waals surface area contributed by atoms with Gasteiger partial charge in [-0.3, -0.25) is 4.79 Å². The standard InChI is InChI=1S/C11H12F3NO3/c12-11(13,14)10(15)7-5-6(1-3-8(7)16)2-4-9(17)18/h1,3,5,10,16H,2,4,15H2,(H,17,18)/t10-/m0/s1. The van der Waals surface area contributed by atoms with Gasteiger partial charge in [0.15, 0.2) is 0 Å². The molecule has 7 heteroatoms. The Labute approximate surface area is 101 Å². The molecule has 4 N–H and O–H groups in total.